The number of guanidine groups is 1. The maximum Gasteiger partial charge on any atom is 0.194 e. The van der Waals surface area contributed by atoms with Gasteiger partial charge in [-0.15, -0.1) is 0 Å². The zero-order valence-electron chi connectivity index (χ0n) is 15.3. The van der Waals surface area contributed by atoms with Crippen molar-refractivity contribution in [3.8, 4) is 5.75 Å². The third kappa shape index (κ3) is 6.04. The lowest BCUT2D eigenvalue weighted by atomic mass is 10.1. The fourth-order valence-electron chi connectivity index (χ4n) is 2.41. The molecule has 2 aromatic carbocycles. The van der Waals surface area contributed by atoms with Crippen LogP contribution >= 0.6 is 0 Å². The van der Waals surface area contributed by atoms with Crippen molar-refractivity contribution in [1.29, 1.82) is 0 Å². The molecule has 0 unspecified atom stereocenters. The molecule has 0 radical (unpaired) electrons. The van der Waals surface area contributed by atoms with Gasteiger partial charge in [-0.1, -0.05) is 24.3 Å². The summed E-state index contributed by atoms with van der Waals surface area (Å²) in [5.41, 5.74) is 1.13. The van der Waals surface area contributed by atoms with Crippen LogP contribution in [0.3, 0.4) is 0 Å². The summed E-state index contributed by atoms with van der Waals surface area (Å²) in [5.74, 6) is 1.19. The Morgan fingerprint density at radius 1 is 1.23 bits per heavy atom. The lowest BCUT2D eigenvalue weighted by Crippen LogP contribution is -2.40. The number of rotatable bonds is 8. The molecule has 0 aliphatic carbocycles. The van der Waals surface area contributed by atoms with Crippen LogP contribution in [-0.2, 0) is 13.2 Å². The Bertz CT molecular complexity index is 707. The van der Waals surface area contributed by atoms with E-state index in [1.165, 1.54) is 6.07 Å². The molecule has 140 valence electrons. The minimum absolute atomic E-state index is 0.285. The highest BCUT2D eigenvalue weighted by atomic mass is 19.1. The van der Waals surface area contributed by atoms with Gasteiger partial charge in [-0.2, -0.15) is 0 Å². The first-order valence-electron chi connectivity index (χ1n) is 8.69. The Morgan fingerprint density at radius 3 is 2.69 bits per heavy atom. The zero-order chi connectivity index (χ0) is 18.8. The number of hydrogen-bond acceptors (Lipinski definition) is 3. The van der Waals surface area contributed by atoms with Gasteiger partial charge in [-0.05, 0) is 36.8 Å². The van der Waals surface area contributed by atoms with Crippen molar-refractivity contribution in [2.24, 2.45) is 4.99 Å². The van der Waals surface area contributed by atoms with Crippen LogP contribution in [-0.4, -0.2) is 42.7 Å². The van der Waals surface area contributed by atoms with Crippen LogP contribution in [0.25, 0.3) is 0 Å². The number of para-hydroxylation sites is 1. The fourth-order valence-corrected chi connectivity index (χ4v) is 2.41. The SMILES string of the molecule is CCNC(=NCc1ccc(F)c(CO)c1)N(C)CCOc1ccccc1. The molecule has 26 heavy (non-hydrogen) atoms. The molecule has 0 amide bonds. The number of nitrogens with one attached hydrogen (secondary N) is 1. The molecule has 0 aliphatic rings. The van der Waals surface area contributed by atoms with Crippen LogP contribution in [0.15, 0.2) is 53.5 Å². The normalized spacial score (nSPS) is 11.3. The largest absolute Gasteiger partial charge is 0.492 e. The smallest absolute Gasteiger partial charge is 0.194 e. The number of hydrogen-bond donors (Lipinski definition) is 2. The van der Waals surface area contributed by atoms with Crippen molar-refractivity contribution in [2.45, 2.75) is 20.1 Å². The van der Waals surface area contributed by atoms with Crippen molar-refractivity contribution in [2.75, 3.05) is 26.7 Å². The number of aliphatic hydroxyl groups is 1. The number of nitrogens with zero attached hydrogens (tertiary/aromatic N) is 2. The average molecular weight is 359 g/mol. The third-order valence-corrected chi connectivity index (χ3v) is 3.83. The summed E-state index contributed by atoms with van der Waals surface area (Å²) in [5, 5.41) is 12.4. The highest BCUT2D eigenvalue weighted by molar-refractivity contribution is 5.79. The highest BCUT2D eigenvalue weighted by Crippen LogP contribution is 2.12. The Hall–Kier alpha value is -2.60. The van der Waals surface area contributed by atoms with Crippen LogP contribution in [0, 0.1) is 5.82 Å². The molecule has 2 N–H and O–H groups in total. The van der Waals surface area contributed by atoms with Gasteiger partial charge in [0.25, 0.3) is 0 Å². The van der Waals surface area contributed by atoms with Gasteiger partial charge in [-0.3, -0.25) is 0 Å². The van der Waals surface area contributed by atoms with Crippen LogP contribution in [0.2, 0.25) is 0 Å². The molecule has 0 saturated heterocycles. The summed E-state index contributed by atoms with van der Waals surface area (Å²) in [6, 6.07) is 14.4. The zero-order valence-corrected chi connectivity index (χ0v) is 15.3. The first-order chi connectivity index (χ1) is 12.6. The summed E-state index contributed by atoms with van der Waals surface area (Å²) in [4.78, 5) is 6.58. The molecule has 0 heterocycles. The Balaban J connectivity index is 1.94. The first kappa shape index (κ1) is 19.7. The summed E-state index contributed by atoms with van der Waals surface area (Å²) in [7, 11) is 1.94. The number of aliphatic hydroxyl groups excluding tert-OH is 1. The van der Waals surface area contributed by atoms with Crippen molar-refractivity contribution >= 4 is 5.96 Å². The van der Waals surface area contributed by atoms with Gasteiger partial charge in [0.1, 0.15) is 18.2 Å². The summed E-state index contributed by atoms with van der Waals surface area (Å²) in [6.07, 6.45) is 0. The van der Waals surface area contributed by atoms with E-state index in [2.05, 4.69) is 10.3 Å². The molecule has 0 spiro atoms. The molecular weight excluding hydrogens is 333 g/mol. The van der Waals surface area contributed by atoms with Gasteiger partial charge in [0.05, 0.1) is 19.7 Å². The molecular formula is C20H26FN3O2. The standard InChI is InChI=1S/C20H26FN3O2/c1-3-22-20(23-14-16-9-10-19(21)17(13-16)15-25)24(2)11-12-26-18-7-5-4-6-8-18/h4-10,13,25H,3,11-12,14-15H2,1-2H3,(H,22,23). The van der Waals surface area contributed by atoms with E-state index in [1.54, 1.807) is 12.1 Å². The quantitative estimate of drug-likeness (QED) is 0.562. The topological polar surface area (TPSA) is 57.1 Å². The molecule has 0 aromatic heterocycles. The van der Waals surface area contributed by atoms with Crippen LogP contribution < -0.4 is 10.1 Å². The molecule has 0 atom stereocenters. The van der Waals surface area contributed by atoms with E-state index >= 15 is 0 Å². The Morgan fingerprint density at radius 2 is 2.00 bits per heavy atom. The molecule has 0 fully saturated rings. The second-order valence-corrected chi connectivity index (χ2v) is 5.84. The van der Waals surface area contributed by atoms with Crippen molar-refractivity contribution < 1.29 is 14.2 Å². The second-order valence-electron chi connectivity index (χ2n) is 5.84. The number of benzene rings is 2. The van der Waals surface area contributed by atoms with Crippen LogP contribution in [0.5, 0.6) is 5.75 Å². The number of likely N-dealkylation sites (N-methyl/N-ethyl adjacent to an activating group) is 1. The molecule has 2 aromatic rings. The molecule has 0 aliphatic heterocycles. The summed E-state index contributed by atoms with van der Waals surface area (Å²) in [6.45, 7) is 4.04. The second kappa shape index (κ2) is 10.4. The van der Waals surface area contributed by atoms with E-state index < -0.39 is 5.82 Å². The summed E-state index contributed by atoms with van der Waals surface area (Å²) >= 11 is 0. The lowest BCUT2D eigenvalue weighted by molar-refractivity contribution is 0.275. The van der Waals surface area contributed by atoms with E-state index in [0.29, 0.717) is 19.7 Å². The lowest BCUT2D eigenvalue weighted by Gasteiger charge is -2.22. The van der Waals surface area contributed by atoms with Gasteiger partial charge < -0.3 is 20.1 Å². The number of ether oxygens (including phenoxy) is 1. The van der Waals surface area contributed by atoms with Crippen molar-refractivity contribution in [1.82, 2.24) is 10.2 Å². The molecule has 0 saturated carbocycles. The van der Waals surface area contributed by atoms with Gasteiger partial charge >= 0.3 is 0 Å². The molecule has 5 nitrogen and oxygen atoms in total. The van der Waals surface area contributed by atoms with E-state index in [-0.39, 0.29) is 12.2 Å². The monoisotopic (exact) mass is 359 g/mol. The van der Waals surface area contributed by atoms with Gasteiger partial charge in [0, 0.05) is 19.2 Å². The maximum atomic E-state index is 13.5. The summed E-state index contributed by atoms with van der Waals surface area (Å²) < 4.78 is 19.2. The van der Waals surface area contributed by atoms with E-state index in [1.807, 2.05) is 49.2 Å². The van der Waals surface area contributed by atoms with Crippen molar-refractivity contribution in [3.63, 3.8) is 0 Å². The van der Waals surface area contributed by atoms with E-state index in [4.69, 9.17) is 4.74 Å². The Kier molecular flexibility index (Phi) is 7.89. The van der Waals surface area contributed by atoms with Crippen LogP contribution in [0.4, 0.5) is 4.39 Å². The number of aliphatic imine (C=N–C) groups is 1. The van der Waals surface area contributed by atoms with Crippen LogP contribution in [0.1, 0.15) is 18.1 Å². The minimum Gasteiger partial charge on any atom is -0.492 e. The molecule has 2 rings (SSSR count). The predicted octanol–water partition coefficient (Wildman–Crippen LogP) is 2.79. The number of halogens is 1. The average Bonchev–Trinajstić information content (AvgIpc) is 2.67. The van der Waals surface area contributed by atoms with Crippen molar-refractivity contribution in [3.05, 3.63) is 65.5 Å². The predicted molar refractivity (Wildman–Crippen MR) is 102 cm³/mol. The fraction of sp³-hybridized carbons (Fsp3) is 0.350. The van der Waals surface area contributed by atoms with E-state index in [9.17, 15) is 9.50 Å². The Labute approximate surface area is 154 Å². The molecule has 0 bridgehead atoms. The van der Waals surface area contributed by atoms with Gasteiger partial charge in [0.15, 0.2) is 5.96 Å². The molecule has 6 heteroatoms. The minimum atomic E-state index is -0.401. The third-order valence-electron chi connectivity index (χ3n) is 3.83. The highest BCUT2D eigenvalue weighted by Gasteiger charge is 2.07. The first-order valence-corrected chi connectivity index (χ1v) is 8.69. The van der Waals surface area contributed by atoms with Gasteiger partial charge in [-0.25, -0.2) is 9.38 Å². The maximum absolute atomic E-state index is 13.5. The van der Waals surface area contributed by atoms with E-state index in [0.717, 1.165) is 23.8 Å². The van der Waals surface area contributed by atoms with Gasteiger partial charge in [0.2, 0.25) is 0 Å².